The molecule has 3 nitrogen and oxygen atoms in total. The van der Waals surface area contributed by atoms with Gasteiger partial charge in [-0.1, -0.05) is 6.42 Å². The lowest BCUT2D eigenvalue weighted by molar-refractivity contribution is -0.148. The Hall–Kier alpha value is -0.860. The predicted octanol–water partition coefficient (Wildman–Crippen LogP) is 1.16. The van der Waals surface area contributed by atoms with E-state index < -0.39 is 0 Å². The van der Waals surface area contributed by atoms with Crippen LogP contribution in [0.4, 0.5) is 0 Å². The molecule has 3 heteroatoms. The van der Waals surface area contributed by atoms with Crippen molar-refractivity contribution in [1.29, 1.82) is 0 Å². The van der Waals surface area contributed by atoms with Crippen LogP contribution in [-0.4, -0.2) is 18.9 Å². The molecule has 1 aliphatic carbocycles. The monoisotopic (exact) mass is 170 g/mol. The van der Waals surface area contributed by atoms with Gasteiger partial charge in [0.1, 0.15) is 5.78 Å². The summed E-state index contributed by atoms with van der Waals surface area (Å²) in [5, 5.41) is 0. The Bertz CT molecular complexity index is 198. The van der Waals surface area contributed by atoms with Gasteiger partial charge in [0, 0.05) is 5.92 Å². The number of carbonyl (C=O) groups excluding carboxylic acids is 2. The smallest absolute Gasteiger partial charge is 0.309 e. The van der Waals surface area contributed by atoms with Crippen LogP contribution in [0.15, 0.2) is 0 Å². The normalized spacial score (nSPS) is 28.5. The Balaban J connectivity index is 2.63. The van der Waals surface area contributed by atoms with Crippen LogP contribution in [0.25, 0.3) is 0 Å². The molecule has 1 fully saturated rings. The minimum Gasteiger partial charge on any atom is -0.469 e. The minimum atomic E-state index is -0.229. The molecule has 0 spiro atoms. The number of ether oxygens (including phenoxy) is 1. The van der Waals surface area contributed by atoms with Gasteiger partial charge in [-0.2, -0.15) is 0 Å². The Morgan fingerprint density at radius 2 is 1.83 bits per heavy atom. The van der Waals surface area contributed by atoms with Gasteiger partial charge in [-0.3, -0.25) is 9.59 Å². The van der Waals surface area contributed by atoms with Crippen LogP contribution in [0, 0.1) is 11.8 Å². The molecule has 0 aromatic rings. The van der Waals surface area contributed by atoms with Crippen molar-refractivity contribution in [3.63, 3.8) is 0 Å². The number of rotatable bonds is 2. The Kier molecular flexibility index (Phi) is 2.84. The average Bonchev–Trinajstić information content (AvgIpc) is 2.50. The van der Waals surface area contributed by atoms with Crippen molar-refractivity contribution in [3.05, 3.63) is 0 Å². The highest BCUT2D eigenvalue weighted by Crippen LogP contribution is 2.32. The fraction of sp³-hybridized carbons (Fsp3) is 0.778. The first-order chi connectivity index (χ1) is 5.66. The molecule has 1 aliphatic rings. The predicted molar refractivity (Wildman–Crippen MR) is 43.5 cm³/mol. The van der Waals surface area contributed by atoms with Crippen molar-refractivity contribution in [2.45, 2.75) is 26.2 Å². The second-order valence-corrected chi connectivity index (χ2v) is 3.28. The quantitative estimate of drug-likeness (QED) is 0.584. The second-order valence-electron chi connectivity index (χ2n) is 3.28. The standard InChI is InChI=1S/C9H14O3/c1-6(10)7-4-3-5-8(7)9(11)12-2/h7-8H,3-5H2,1-2H3. The molecule has 0 N–H and O–H groups in total. The van der Waals surface area contributed by atoms with Gasteiger partial charge in [0.25, 0.3) is 0 Å². The molecule has 2 atom stereocenters. The van der Waals surface area contributed by atoms with Crippen molar-refractivity contribution in [3.8, 4) is 0 Å². The first-order valence-corrected chi connectivity index (χ1v) is 4.25. The summed E-state index contributed by atoms with van der Waals surface area (Å²) in [6.07, 6.45) is 2.61. The summed E-state index contributed by atoms with van der Waals surface area (Å²) >= 11 is 0. The highest BCUT2D eigenvalue weighted by atomic mass is 16.5. The molecule has 0 bridgehead atoms. The Labute approximate surface area is 72.1 Å². The summed E-state index contributed by atoms with van der Waals surface area (Å²) in [6, 6.07) is 0. The van der Waals surface area contributed by atoms with Gasteiger partial charge in [0.2, 0.25) is 0 Å². The third-order valence-electron chi connectivity index (χ3n) is 2.54. The van der Waals surface area contributed by atoms with E-state index in [2.05, 4.69) is 4.74 Å². The zero-order valence-electron chi connectivity index (χ0n) is 7.50. The summed E-state index contributed by atoms with van der Waals surface area (Å²) in [6.45, 7) is 1.55. The lowest BCUT2D eigenvalue weighted by atomic mass is 9.93. The molecule has 1 rings (SSSR count). The van der Waals surface area contributed by atoms with Gasteiger partial charge >= 0.3 is 5.97 Å². The molecule has 0 aliphatic heterocycles. The lowest BCUT2D eigenvalue weighted by Crippen LogP contribution is -2.24. The van der Waals surface area contributed by atoms with Gasteiger partial charge in [-0.05, 0) is 19.8 Å². The summed E-state index contributed by atoms with van der Waals surface area (Å²) in [7, 11) is 1.37. The fourth-order valence-corrected chi connectivity index (χ4v) is 1.88. The molecular formula is C9H14O3. The zero-order valence-corrected chi connectivity index (χ0v) is 7.50. The number of hydrogen-bond acceptors (Lipinski definition) is 3. The van der Waals surface area contributed by atoms with Crippen LogP contribution >= 0.6 is 0 Å². The van der Waals surface area contributed by atoms with E-state index in [0.717, 1.165) is 19.3 Å². The van der Waals surface area contributed by atoms with Crippen molar-refractivity contribution in [1.82, 2.24) is 0 Å². The van der Waals surface area contributed by atoms with Crippen LogP contribution in [0.3, 0.4) is 0 Å². The summed E-state index contributed by atoms with van der Waals surface area (Å²) < 4.78 is 4.62. The minimum absolute atomic E-state index is 0.0857. The topological polar surface area (TPSA) is 43.4 Å². The maximum absolute atomic E-state index is 11.2. The van der Waals surface area contributed by atoms with Crippen LogP contribution in [0.5, 0.6) is 0 Å². The number of Topliss-reactive ketones (excluding diaryl/α,β-unsaturated/α-hetero) is 1. The third kappa shape index (κ3) is 1.65. The van der Waals surface area contributed by atoms with E-state index in [0.29, 0.717) is 0 Å². The molecule has 12 heavy (non-hydrogen) atoms. The fourth-order valence-electron chi connectivity index (χ4n) is 1.88. The number of hydrogen-bond donors (Lipinski definition) is 0. The van der Waals surface area contributed by atoms with E-state index >= 15 is 0 Å². The number of carbonyl (C=O) groups is 2. The molecule has 0 aromatic heterocycles. The van der Waals surface area contributed by atoms with E-state index in [1.165, 1.54) is 7.11 Å². The van der Waals surface area contributed by atoms with Crippen molar-refractivity contribution in [2.24, 2.45) is 11.8 Å². The maximum Gasteiger partial charge on any atom is 0.309 e. The van der Waals surface area contributed by atoms with Crippen LogP contribution < -0.4 is 0 Å². The van der Waals surface area contributed by atoms with Gasteiger partial charge < -0.3 is 4.74 Å². The Morgan fingerprint density at radius 3 is 2.33 bits per heavy atom. The molecular weight excluding hydrogens is 156 g/mol. The van der Waals surface area contributed by atoms with Crippen molar-refractivity contribution < 1.29 is 14.3 Å². The zero-order chi connectivity index (χ0) is 9.14. The summed E-state index contributed by atoms with van der Waals surface area (Å²) in [4.78, 5) is 22.2. The van der Waals surface area contributed by atoms with Gasteiger partial charge in [0.05, 0.1) is 13.0 Å². The van der Waals surface area contributed by atoms with Gasteiger partial charge in [-0.15, -0.1) is 0 Å². The largest absolute Gasteiger partial charge is 0.469 e. The average molecular weight is 170 g/mol. The van der Waals surface area contributed by atoms with Gasteiger partial charge in [0.15, 0.2) is 0 Å². The first kappa shape index (κ1) is 9.23. The van der Waals surface area contributed by atoms with Crippen molar-refractivity contribution >= 4 is 11.8 Å². The van der Waals surface area contributed by atoms with E-state index in [1.54, 1.807) is 6.92 Å². The summed E-state index contributed by atoms with van der Waals surface area (Å²) in [5.74, 6) is -0.374. The van der Waals surface area contributed by atoms with Gasteiger partial charge in [-0.25, -0.2) is 0 Å². The molecule has 68 valence electrons. The molecule has 1 saturated carbocycles. The number of esters is 1. The first-order valence-electron chi connectivity index (χ1n) is 4.25. The van der Waals surface area contributed by atoms with Crippen LogP contribution in [-0.2, 0) is 14.3 Å². The molecule has 0 aromatic carbocycles. The maximum atomic E-state index is 11.2. The molecule has 2 unspecified atom stereocenters. The molecule has 0 amide bonds. The van der Waals surface area contributed by atoms with E-state index in [4.69, 9.17) is 0 Å². The van der Waals surface area contributed by atoms with Crippen LogP contribution in [0.1, 0.15) is 26.2 Å². The van der Waals surface area contributed by atoms with E-state index in [9.17, 15) is 9.59 Å². The van der Waals surface area contributed by atoms with Crippen LogP contribution in [0.2, 0.25) is 0 Å². The van der Waals surface area contributed by atoms with Crippen molar-refractivity contribution in [2.75, 3.05) is 7.11 Å². The highest BCUT2D eigenvalue weighted by Gasteiger charge is 2.36. The molecule has 0 saturated heterocycles. The van der Waals surface area contributed by atoms with E-state index in [1.807, 2.05) is 0 Å². The number of ketones is 1. The number of methoxy groups -OCH3 is 1. The Morgan fingerprint density at radius 1 is 1.25 bits per heavy atom. The highest BCUT2D eigenvalue weighted by molar-refractivity contribution is 5.85. The van der Waals surface area contributed by atoms with E-state index in [-0.39, 0.29) is 23.6 Å². The third-order valence-corrected chi connectivity index (χ3v) is 2.54. The SMILES string of the molecule is COC(=O)C1CCCC1C(C)=O. The lowest BCUT2D eigenvalue weighted by Gasteiger charge is -2.13. The molecule has 0 radical (unpaired) electrons. The second kappa shape index (κ2) is 3.70. The summed E-state index contributed by atoms with van der Waals surface area (Å²) in [5.41, 5.74) is 0. The molecule has 0 heterocycles.